The largest absolute Gasteiger partial charge is 0.343 e. The highest BCUT2D eigenvalue weighted by Gasteiger charge is 2.23. The Labute approximate surface area is 127 Å². The van der Waals surface area contributed by atoms with E-state index in [1.165, 1.54) is 0 Å². The number of nitrogens with two attached hydrogens (primary N) is 1. The van der Waals surface area contributed by atoms with Crippen molar-refractivity contribution in [1.82, 2.24) is 10.2 Å². The highest BCUT2D eigenvalue weighted by atomic mass is 16.2. The van der Waals surface area contributed by atoms with Gasteiger partial charge in [-0.3, -0.25) is 4.79 Å². The van der Waals surface area contributed by atoms with Gasteiger partial charge in [0.15, 0.2) is 0 Å². The Kier molecular flexibility index (Phi) is 6.21. The van der Waals surface area contributed by atoms with Gasteiger partial charge in [0.2, 0.25) is 5.91 Å². The van der Waals surface area contributed by atoms with Gasteiger partial charge in [0.1, 0.15) is 0 Å². The van der Waals surface area contributed by atoms with Crippen LogP contribution >= 0.6 is 0 Å². The molecule has 3 N–H and O–H groups in total. The molecule has 1 unspecified atom stereocenters. The van der Waals surface area contributed by atoms with E-state index in [4.69, 9.17) is 5.73 Å². The maximum absolute atomic E-state index is 12.3. The van der Waals surface area contributed by atoms with Crippen LogP contribution in [0.2, 0.25) is 0 Å². The molecule has 1 atom stereocenters. The summed E-state index contributed by atoms with van der Waals surface area (Å²) >= 11 is 0. The summed E-state index contributed by atoms with van der Waals surface area (Å²) in [4.78, 5) is 14.3. The maximum Gasteiger partial charge on any atom is 0.224 e. The van der Waals surface area contributed by atoms with Crippen LogP contribution in [0, 0.1) is 5.92 Å². The van der Waals surface area contributed by atoms with E-state index in [9.17, 15) is 4.79 Å². The van der Waals surface area contributed by atoms with Crippen molar-refractivity contribution < 1.29 is 4.79 Å². The van der Waals surface area contributed by atoms with Gasteiger partial charge in [-0.25, -0.2) is 0 Å². The quantitative estimate of drug-likeness (QED) is 0.841. The molecule has 21 heavy (non-hydrogen) atoms. The predicted octanol–water partition coefficient (Wildman–Crippen LogP) is 1.92. The van der Waals surface area contributed by atoms with Crippen molar-refractivity contribution in [3.05, 3.63) is 35.9 Å². The third kappa shape index (κ3) is 4.83. The number of nitrogens with one attached hydrogen (secondary N) is 1. The zero-order valence-corrected chi connectivity index (χ0v) is 12.9. The van der Waals surface area contributed by atoms with E-state index < -0.39 is 0 Å². The van der Waals surface area contributed by atoms with Gasteiger partial charge in [0, 0.05) is 25.6 Å². The molecule has 1 saturated heterocycles. The summed E-state index contributed by atoms with van der Waals surface area (Å²) in [5, 5.41) is 3.39. The number of carbonyl (C=O) groups is 1. The summed E-state index contributed by atoms with van der Waals surface area (Å²) in [5.74, 6) is 0.894. The van der Waals surface area contributed by atoms with E-state index >= 15 is 0 Å². The van der Waals surface area contributed by atoms with Crippen LogP contribution in [0.4, 0.5) is 0 Å². The molecule has 1 aromatic carbocycles. The van der Waals surface area contributed by atoms with Crippen LogP contribution in [0.5, 0.6) is 0 Å². The number of hydrogen-bond donors (Lipinski definition) is 2. The molecule has 0 spiro atoms. The molecule has 1 aromatic rings. The van der Waals surface area contributed by atoms with Gasteiger partial charge in [-0.1, -0.05) is 37.3 Å². The summed E-state index contributed by atoms with van der Waals surface area (Å²) in [5.41, 5.74) is 7.17. The second-order valence-corrected chi connectivity index (χ2v) is 5.85. The fourth-order valence-corrected chi connectivity index (χ4v) is 2.87. The Balaban J connectivity index is 1.77. The predicted molar refractivity (Wildman–Crippen MR) is 85.8 cm³/mol. The van der Waals surface area contributed by atoms with Crippen molar-refractivity contribution in [3.63, 3.8) is 0 Å². The number of rotatable bonds is 6. The van der Waals surface area contributed by atoms with E-state index in [-0.39, 0.29) is 11.9 Å². The Bertz CT molecular complexity index is 427. The fourth-order valence-electron chi connectivity index (χ4n) is 2.87. The van der Waals surface area contributed by atoms with Crippen LogP contribution < -0.4 is 11.1 Å². The standard InChI is InChI=1S/C17H27N3O/c1-2-19-13-14-8-10-20(11-9-14)17(21)12-16(18)15-6-4-3-5-7-15/h3-7,14,16,19H,2,8-13,18H2,1H3. The monoisotopic (exact) mass is 289 g/mol. The topological polar surface area (TPSA) is 58.4 Å². The molecule has 0 aliphatic carbocycles. The van der Waals surface area contributed by atoms with Crippen molar-refractivity contribution in [2.24, 2.45) is 11.7 Å². The molecule has 0 saturated carbocycles. The number of carbonyl (C=O) groups excluding carboxylic acids is 1. The Morgan fingerprint density at radius 3 is 2.62 bits per heavy atom. The Morgan fingerprint density at radius 1 is 1.33 bits per heavy atom. The second kappa shape index (κ2) is 8.15. The molecule has 1 amide bonds. The lowest BCUT2D eigenvalue weighted by Crippen LogP contribution is -2.41. The number of nitrogens with zero attached hydrogens (tertiary/aromatic N) is 1. The Hall–Kier alpha value is -1.39. The summed E-state index contributed by atoms with van der Waals surface area (Å²) < 4.78 is 0. The third-order valence-electron chi connectivity index (χ3n) is 4.27. The number of likely N-dealkylation sites (tertiary alicyclic amines) is 1. The molecule has 2 rings (SSSR count). The Morgan fingerprint density at radius 2 is 2.00 bits per heavy atom. The van der Waals surface area contributed by atoms with Gasteiger partial charge < -0.3 is 16.0 Å². The molecule has 4 nitrogen and oxygen atoms in total. The zero-order valence-electron chi connectivity index (χ0n) is 12.9. The van der Waals surface area contributed by atoms with Crippen molar-refractivity contribution in [2.45, 2.75) is 32.2 Å². The molecule has 0 radical (unpaired) electrons. The summed E-state index contributed by atoms with van der Waals surface area (Å²) in [7, 11) is 0. The minimum absolute atomic E-state index is 0.188. The van der Waals surface area contributed by atoms with Gasteiger partial charge in [-0.05, 0) is 37.4 Å². The van der Waals surface area contributed by atoms with Crippen molar-refractivity contribution >= 4 is 5.91 Å². The average Bonchev–Trinajstić information content (AvgIpc) is 2.54. The minimum Gasteiger partial charge on any atom is -0.343 e. The van der Waals surface area contributed by atoms with Crippen LogP contribution in [-0.2, 0) is 4.79 Å². The average molecular weight is 289 g/mol. The first-order chi connectivity index (χ1) is 10.2. The summed E-state index contributed by atoms with van der Waals surface area (Å²) in [6.45, 7) is 5.96. The van der Waals surface area contributed by atoms with E-state index in [2.05, 4.69) is 12.2 Å². The molecule has 1 aliphatic rings. The lowest BCUT2D eigenvalue weighted by Gasteiger charge is -2.32. The molecular weight excluding hydrogens is 262 g/mol. The molecule has 0 aromatic heterocycles. The number of piperidine rings is 1. The molecule has 0 bridgehead atoms. The van der Waals surface area contributed by atoms with Crippen LogP contribution in [-0.4, -0.2) is 37.0 Å². The van der Waals surface area contributed by atoms with Gasteiger partial charge in [0.05, 0.1) is 0 Å². The molecule has 116 valence electrons. The number of benzene rings is 1. The minimum atomic E-state index is -0.196. The highest BCUT2D eigenvalue weighted by molar-refractivity contribution is 5.77. The highest BCUT2D eigenvalue weighted by Crippen LogP contribution is 2.20. The lowest BCUT2D eigenvalue weighted by molar-refractivity contribution is -0.133. The summed E-state index contributed by atoms with van der Waals surface area (Å²) in [6.07, 6.45) is 2.60. The van der Waals surface area contributed by atoms with E-state index in [0.29, 0.717) is 12.3 Å². The van der Waals surface area contributed by atoms with Crippen LogP contribution in [0.3, 0.4) is 0 Å². The number of amides is 1. The van der Waals surface area contributed by atoms with E-state index in [1.54, 1.807) is 0 Å². The van der Waals surface area contributed by atoms with Crippen molar-refractivity contribution in [1.29, 1.82) is 0 Å². The molecule has 1 heterocycles. The van der Waals surface area contributed by atoms with Gasteiger partial charge in [0.25, 0.3) is 0 Å². The fraction of sp³-hybridized carbons (Fsp3) is 0.588. The first-order valence-corrected chi connectivity index (χ1v) is 7.99. The van der Waals surface area contributed by atoms with Crippen LogP contribution in [0.15, 0.2) is 30.3 Å². The molecule has 4 heteroatoms. The van der Waals surface area contributed by atoms with Crippen LogP contribution in [0.1, 0.15) is 37.8 Å². The smallest absolute Gasteiger partial charge is 0.224 e. The van der Waals surface area contributed by atoms with Gasteiger partial charge in [-0.2, -0.15) is 0 Å². The van der Waals surface area contributed by atoms with Gasteiger partial charge in [-0.15, -0.1) is 0 Å². The first kappa shape index (κ1) is 16.0. The first-order valence-electron chi connectivity index (χ1n) is 7.99. The van der Waals surface area contributed by atoms with Crippen molar-refractivity contribution in [2.75, 3.05) is 26.2 Å². The SMILES string of the molecule is CCNCC1CCN(C(=O)CC(N)c2ccccc2)CC1. The van der Waals surface area contributed by atoms with E-state index in [0.717, 1.165) is 44.6 Å². The number of hydrogen-bond acceptors (Lipinski definition) is 3. The molecule has 1 aliphatic heterocycles. The molecular formula is C17H27N3O. The second-order valence-electron chi connectivity index (χ2n) is 5.85. The molecule has 1 fully saturated rings. The zero-order chi connectivity index (χ0) is 15.1. The third-order valence-corrected chi connectivity index (χ3v) is 4.27. The normalized spacial score (nSPS) is 17.7. The maximum atomic E-state index is 12.3. The summed E-state index contributed by atoms with van der Waals surface area (Å²) in [6, 6.07) is 9.67. The van der Waals surface area contributed by atoms with E-state index in [1.807, 2.05) is 35.2 Å². The van der Waals surface area contributed by atoms with Crippen LogP contribution in [0.25, 0.3) is 0 Å². The lowest BCUT2D eigenvalue weighted by atomic mass is 9.96. The van der Waals surface area contributed by atoms with Crippen molar-refractivity contribution in [3.8, 4) is 0 Å². The van der Waals surface area contributed by atoms with Gasteiger partial charge >= 0.3 is 0 Å².